The van der Waals surface area contributed by atoms with Gasteiger partial charge in [-0.3, -0.25) is 5.48 Å². The first-order valence-corrected chi connectivity index (χ1v) is 6.32. The topological polar surface area (TPSA) is 111 Å². The van der Waals surface area contributed by atoms with Crippen LogP contribution in [0.3, 0.4) is 0 Å². The highest BCUT2D eigenvalue weighted by Gasteiger charge is 2.44. The number of aliphatic hydroxyl groups is 4. The second-order valence-corrected chi connectivity index (χ2v) is 4.78. The van der Waals surface area contributed by atoms with Gasteiger partial charge in [0, 0.05) is 0 Å². The third-order valence-corrected chi connectivity index (χ3v) is 3.19. The van der Waals surface area contributed by atoms with E-state index in [9.17, 15) is 15.3 Å². The first-order chi connectivity index (χ1) is 9.52. The maximum Gasteiger partial charge on any atom is 0.212 e. The molecule has 7 heteroatoms. The molecule has 0 bridgehead atoms. The number of nitrogens with one attached hydrogen (secondary N) is 1. The van der Waals surface area contributed by atoms with Crippen molar-refractivity contribution in [3.8, 4) is 0 Å². The Morgan fingerprint density at radius 1 is 1.10 bits per heavy atom. The molecule has 0 aliphatic carbocycles. The molecule has 0 saturated carbocycles. The highest BCUT2D eigenvalue weighted by molar-refractivity contribution is 5.42. The fourth-order valence-electron chi connectivity index (χ4n) is 1.91. The van der Waals surface area contributed by atoms with E-state index >= 15 is 0 Å². The standard InChI is InChI=1S/C13H19NO6/c1-7-2-4-8(5-3-7)14-20-13-12(18)11(17)10(16)9(6-15)19-13/h2-5,9-18H,6H2,1H3/t9-,10-,11+,12-,13?/m1/s1. The third-order valence-electron chi connectivity index (χ3n) is 3.19. The molecular weight excluding hydrogens is 266 g/mol. The predicted molar refractivity (Wildman–Crippen MR) is 69.7 cm³/mol. The number of hydrogen-bond acceptors (Lipinski definition) is 7. The second kappa shape index (κ2) is 6.49. The van der Waals surface area contributed by atoms with Crippen LogP contribution in [-0.4, -0.2) is 57.7 Å². The Kier molecular flexibility index (Phi) is 4.92. The number of rotatable bonds is 4. The van der Waals surface area contributed by atoms with Crippen LogP contribution in [0, 0.1) is 6.92 Å². The van der Waals surface area contributed by atoms with E-state index in [1.165, 1.54) is 0 Å². The first kappa shape index (κ1) is 15.2. The van der Waals surface area contributed by atoms with Crippen molar-refractivity contribution in [1.29, 1.82) is 0 Å². The summed E-state index contributed by atoms with van der Waals surface area (Å²) in [7, 11) is 0. The van der Waals surface area contributed by atoms with Gasteiger partial charge in [0.1, 0.15) is 24.4 Å². The van der Waals surface area contributed by atoms with Crippen LogP contribution in [0.25, 0.3) is 0 Å². The van der Waals surface area contributed by atoms with Crippen LogP contribution in [-0.2, 0) is 9.57 Å². The lowest BCUT2D eigenvalue weighted by molar-refractivity contribution is -0.294. The second-order valence-electron chi connectivity index (χ2n) is 4.78. The van der Waals surface area contributed by atoms with Gasteiger partial charge in [0.05, 0.1) is 12.3 Å². The average molecular weight is 285 g/mol. The van der Waals surface area contributed by atoms with Crippen molar-refractivity contribution < 1.29 is 30.0 Å². The quantitative estimate of drug-likeness (QED) is 0.458. The molecule has 0 aromatic heterocycles. The number of benzene rings is 1. The van der Waals surface area contributed by atoms with Gasteiger partial charge in [0.25, 0.3) is 0 Å². The summed E-state index contributed by atoms with van der Waals surface area (Å²) in [6.45, 7) is 1.46. The Balaban J connectivity index is 1.95. The Morgan fingerprint density at radius 3 is 2.35 bits per heavy atom. The molecule has 20 heavy (non-hydrogen) atoms. The lowest BCUT2D eigenvalue weighted by atomic mass is 9.99. The molecule has 7 nitrogen and oxygen atoms in total. The molecule has 1 aromatic rings. The molecule has 1 fully saturated rings. The minimum Gasteiger partial charge on any atom is -0.394 e. The molecule has 5 atom stereocenters. The molecule has 1 unspecified atom stereocenters. The summed E-state index contributed by atoms with van der Waals surface area (Å²) in [6.07, 6.45) is -6.46. The molecule has 5 N–H and O–H groups in total. The molecular formula is C13H19NO6. The van der Waals surface area contributed by atoms with Gasteiger partial charge in [0.2, 0.25) is 6.29 Å². The van der Waals surface area contributed by atoms with E-state index in [4.69, 9.17) is 14.7 Å². The van der Waals surface area contributed by atoms with Crippen molar-refractivity contribution in [3.63, 3.8) is 0 Å². The molecule has 1 aliphatic heterocycles. The monoisotopic (exact) mass is 285 g/mol. The Labute approximate surface area is 116 Å². The fraction of sp³-hybridized carbons (Fsp3) is 0.538. The lowest BCUT2D eigenvalue weighted by Crippen LogP contribution is -2.59. The third kappa shape index (κ3) is 3.26. The molecule has 0 amide bonds. The molecule has 1 heterocycles. The van der Waals surface area contributed by atoms with Gasteiger partial charge in [0.15, 0.2) is 0 Å². The molecule has 2 rings (SSSR count). The Bertz CT molecular complexity index is 423. The van der Waals surface area contributed by atoms with E-state index < -0.39 is 37.3 Å². The van der Waals surface area contributed by atoms with Gasteiger partial charge >= 0.3 is 0 Å². The maximum absolute atomic E-state index is 9.76. The highest BCUT2D eigenvalue weighted by atomic mass is 16.8. The van der Waals surface area contributed by atoms with Crippen molar-refractivity contribution in [1.82, 2.24) is 0 Å². The van der Waals surface area contributed by atoms with Gasteiger partial charge < -0.3 is 25.2 Å². The van der Waals surface area contributed by atoms with E-state index in [2.05, 4.69) is 5.48 Å². The zero-order valence-corrected chi connectivity index (χ0v) is 11.0. The first-order valence-electron chi connectivity index (χ1n) is 6.32. The summed E-state index contributed by atoms with van der Waals surface area (Å²) >= 11 is 0. The van der Waals surface area contributed by atoms with E-state index in [-0.39, 0.29) is 0 Å². The lowest BCUT2D eigenvalue weighted by Gasteiger charge is -2.39. The summed E-state index contributed by atoms with van der Waals surface area (Å²) in [4.78, 5) is 5.17. The molecule has 1 aliphatic rings. The van der Waals surface area contributed by atoms with Crippen LogP contribution in [0.5, 0.6) is 0 Å². The van der Waals surface area contributed by atoms with Gasteiger partial charge in [-0.25, -0.2) is 4.84 Å². The van der Waals surface area contributed by atoms with E-state index in [1.807, 2.05) is 19.1 Å². The SMILES string of the molecule is Cc1ccc(NOC2O[C@H](CO)[C@@H](O)[C@H](O)[C@H]2O)cc1. The minimum absolute atomic E-state index is 0.491. The van der Waals surface area contributed by atoms with Crippen LogP contribution < -0.4 is 5.48 Å². The summed E-state index contributed by atoms with van der Waals surface area (Å²) in [5.74, 6) is 0. The predicted octanol–water partition coefficient (Wildman–Crippen LogP) is -0.862. The summed E-state index contributed by atoms with van der Waals surface area (Å²) in [6, 6.07) is 7.30. The number of hydrogen-bond donors (Lipinski definition) is 5. The van der Waals surface area contributed by atoms with Crippen molar-refractivity contribution >= 4 is 5.69 Å². The van der Waals surface area contributed by atoms with Crippen molar-refractivity contribution in [2.75, 3.05) is 12.1 Å². The number of aliphatic hydroxyl groups excluding tert-OH is 4. The minimum atomic E-state index is -1.45. The summed E-state index contributed by atoms with van der Waals surface area (Å²) < 4.78 is 5.18. The molecule has 1 saturated heterocycles. The maximum atomic E-state index is 9.76. The van der Waals surface area contributed by atoms with E-state index in [0.717, 1.165) is 5.56 Å². The largest absolute Gasteiger partial charge is 0.394 e. The van der Waals surface area contributed by atoms with Crippen LogP contribution in [0.15, 0.2) is 24.3 Å². The molecule has 0 spiro atoms. The number of anilines is 1. The Morgan fingerprint density at radius 2 is 1.75 bits per heavy atom. The van der Waals surface area contributed by atoms with E-state index in [0.29, 0.717) is 5.69 Å². The van der Waals surface area contributed by atoms with Gasteiger partial charge in [-0.15, -0.1) is 0 Å². The number of aryl methyl sites for hydroxylation is 1. The number of ether oxygens (including phenoxy) is 1. The smallest absolute Gasteiger partial charge is 0.212 e. The van der Waals surface area contributed by atoms with Crippen LogP contribution in [0.1, 0.15) is 5.56 Å². The van der Waals surface area contributed by atoms with Gasteiger partial charge in [-0.1, -0.05) is 17.7 Å². The van der Waals surface area contributed by atoms with Crippen molar-refractivity contribution in [3.05, 3.63) is 29.8 Å². The van der Waals surface area contributed by atoms with Crippen molar-refractivity contribution in [2.24, 2.45) is 0 Å². The van der Waals surface area contributed by atoms with Crippen LogP contribution in [0.4, 0.5) is 5.69 Å². The molecule has 0 radical (unpaired) electrons. The highest BCUT2D eigenvalue weighted by Crippen LogP contribution is 2.22. The fourth-order valence-corrected chi connectivity index (χ4v) is 1.91. The zero-order valence-electron chi connectivity index (χ0n) is 11.0. The average Bonchev–Trinajstić information content (AvgIpc) is 2.46. The summed E-state index contributed by atoms with van der Waals surface area (Å²) in [5.41, 5.74) is 4.33. The van der Waals surface area contributed by atoms with E-state index in [1.54, 1.807) is 12.1 Å². The van der Waals surface area contributed by atoms with Crippen LogP contribution >= 0.6 is 0 Å². The normalized spacial score (nSPS) is 34.0. The molecule has 1 aromatic carbocycles. The van der Waals surface area contributed by atoms with Gasteiger partial charge in [-0.05, 0) is 19.1 Å². The van der Waals surface area contributed by atoms with Crippen molar-refractivity contribution in [2.45, 2.75) is 37.6 Å². The zero-order chi connectivity index (χ0) is 14.7. The van der Waals surface area contributed by atoms with Crippen LogP contribution in [0.2, 0.25) is 0 Å². The molecule has 112 valence electrons. The van der Waals surface area contributed by atoms with Gasteiger partial charge in [-0.2, -0.15) is 0 Å². The Hall–Kier alpha value is -1.22. The summed E-state index contributed by atoms with van der Waals surface area (Å²) in [5, 5.41) is 38.0.